The van der Waals surface area contributed by atoms with E-state index < -0.39 is 5.97 Å². The lowest BCUT2D eigenvalue weighted by molar-refractivity contribution is -0.139. The fourth-order valence-corrected chi connectivity index (χ4v) is 2.44. The standard InChI is InChI=1S/C17H20N2O4/c1-11-9-15(17(21)18-10-16(20)23-4)12(2)19(11)13-5-7-14(22-3)8-6-13/h5-9H,10H2,1-4H3,(H,18,21). The van der Waals surface area contributed by atoms with Crippen molar-refractivity contribution in [3.8, 4) is 11.4 Å². The number of nitrogens with one attached hydrogen (secondary N) is 1. The van der Waals surface area contributed by atoms with Gasteiger partial charge in [0.2, 0.25) is 0 Å². The summed E-state index contributed by atoms with van der Waals surface area (Å²) in [6.45, 7) is 3.64. The maximum atomic E-state index is 12.2. The van der Waals surface area contributed by atoms with E-state index in [-0.39, 0.29) is 12.5 Å². The third-order valence-electron chi connectivity index (χ3n) is 3.63. The molecule has 0 spiro atoms. The van der Waals surface area contributed by atoms with Crippen molar-refractivity contribution in [2.75, 3.05) is 20.8 Å². The first-order valence-electron chi connectivity index (χ1n) is 7.16. The molecular weight excluding hydrogens is 296 g/mol. The molecule has 0 atom stereocenters. The minimum absolute atomic E-state index is 0.151. The molecule has 23 heavy (non-hydrogen) atoms. The second-order valence-electron chi connectivity index (χ2n) is 5.08. The van der Waals surface area contributed by atoms with E-state index in [1.165, 1.54) is 7.11 Å². The van der Waals surface area contributed by atoms with Crippen LogP contribution in [-0.2, 0) is 9.53 Å². The number of nitrogens with zero attached hydrogens (tertiary/aromatic N) is 1. The third-order valence-corrected chi connectivity index (χ3v) is 3.63. The Balaban J connectivity index is 2.28. The van der Waals surface area contributed by atoms with Crippen LogP contribution >= 0.6 is 0 Å². The molecule has 0 saturated heterocycles. The van der Waals surface area contributed by atoms with Gasteiger partial charge in [-0.2, -0.15) is 0 Å². The number of methoxy groups -OCH3 is 2. The summed E-state index contributed by atoms with van der Waals surface area (Å²) in [6.07, 6.45) is 0. The van der Waals surface area contributed by atoms with Crippen LogP contribution in [0.3, 0.4) is 0 Å². The van der Waals surface area contributed by atoms with Crippen molar-refractivity contribution in [1.29, 1.82) is 0 Å². The number of ether oxygens (including phenoxy) is 2. The number of rotatable bonds is 5. The van der Waals surface area contributed by atoms with E-state index in [2.05, 4.69) is 10.1 Å². The van der Waals surface area contributed by atoms with Gasteiger partial charge < -0.3 is 19.4 Å². The van der Waals surface area contributed by atoms with Gasteiger partial charge in [0.05, 0.1) is 19.8 Å². The van der Waals surface area contributed by atoms with Crippen molar-refractivity contribution in [3.05, 3.63) is 47.3 Å². The van der Waals surface area contributed by atoms with E-state index in [4.69, 9.17) is 4.74 Å². The number of carbonyl (C=O) groups is 2. The van der Waals surface area contributed by atoms with Crippen LogP contribution in [0, 0.1) is 13.8 Å². The molecule has 0 radical (unpaired) electrons. The molecular formula is C17H20N2O4. The van der Waals surface area contributed by atoms with Gasteiger partial charge in [-0.25, -0.2) is 0 Å². The van der Waals surface area contributed by atoms with Crippen LogP contribution in [0.25, 0.3) is 5.69 Å². The summed E-state index contributed by atoms with van der Waals surface area (Å²) in [5, 5.41) is 2.55. The van der Waals surface area contributed by atoms with E-state index in [1.54, 1.807) is 13.2 Å². The van der Waals surface area contributed by atoms with Crippen LogP contribution in [0.2, 0.25) is 0 Å². The molecule has 2 rings (SSSR count). The number of aromatic nitrogens is 1. The van der Waals surface area contributed by atoms with Gasteiger partial charge in [0, 0.05) is 17.1 Å². The fraction of sp³-hybridized carbons (Fsp3) is 0.294. The van der Waals surface area contributed by atoms with Crippen molar-refractivity contribution in [1.82, 2.24) is 9.88 Å². The topological polar surface area (TPSA) is 69.6 Å². The Hall–Kier alpha value is -2.76. The van der Waals surface area contributed by atoms with Gasteiger partial charge in [-0.1, -0.05) is 0 Å². The molecule has 1 aromatic heterocycles. The summed E-state index contributed by atoms with van der Waals surface area (Å²) in [5.41, 5.74) is 3.20. The molecule has 2 aromatic rings. The summed E-state index contributed by atoms with van der Waals surface area (Å²) < 4.78 is 11.7. The molecule has 0 aliphatic carbocycles. The number of benzene rings is 1. The van der Waals surface area contributed by atoms with E-state index in [9.17, 15) is 9.59 Å². The number of aryl methyl sites for hydroxylation is 1. The van der Waals surface area contributed by atoms with Crippen LogP contribution in [0.15, 0.2) is 30.3 Å². The zero-order valence-electron chi connectivity index (χ0n) is 13.7. The molecule has 1 N–H and O–H groups in total. The molecule has 0 fully saturated rings. The third kappa shape index (κ3) is 3.53. The molecule has 0 unspecified atom stereocenters. The first kappa shape index (κ1) is 16.6. The van der Waals surface area contributed by atoms with E-state index in [0.29, 0.717) is 5.56 Å². The second-order valence-corrected chi connectivity index (χ2v) is 5.08. The van der Waals surface area contributed by atoms with Crippen molar-refractivity contribution < 1.29 is 19.1 Å². The average Bonchev–Trinajstić information content (AvgIpc) is 2.87. The highest BCUT2D eigenvalue weighted by atomic mass is 16.5. The van der Waals surface area contributed by atoms with Crippen molar-refractivity contribution >= 4 is 11.9 Å². The van der Waals surface area contributed by atoms with Crippen molar-refractivity contribution in [3.63, 3.8) is 0 Å². The zero-order valence-corrected chi connectivity index (χ0v) is 13.7. The number of esters is 1. The smallest absolute Gasteiger partial charge is 0.325 e. The number of carbonyl (C=O) groups excluding carboxylic acids is 2. The van der Waals surface area contributed by atoms with Crippen LogP contribution in [0.4, 0.5) is 0 Å². The summed E-state index contributed by atoms with van der Waals surface area (Å²) in [4.78, 5) is 23.4. The summed E-state index contributed by atoms with van der Waals surface area (Å²) in [7, 11) is 2.90. The highest BCUT2D eigenvalue weighted by Gasteiger charge is 2.17. The van der Waals surface area contributed by atoms with Gasteiger partial charge in [0.1, 0.15) is 12.3 Å². The molecule has 0 aliphatic rings. The first-order valence-corrected chi connectivity index (χ1v) is 7.16. The van der Waals surface area contributed by atoms with Gasteiger partial charge in [-0.3, -0.25) is 9.59 Å². The Kier molecular flexibility index (Phi) is 5.05. The Bertz CT molecular complexity index is 717. The minimum atomic E-state index is -0.484. The average molecular weight is 316 g/mol. The molecule has 0 bridgehead atoms. The molecule has 6 nitrogen and oxygen atoms in total. The first-order chi connectivity index (χ1) is 11.0. The Morgan fingerprint density at radius 3 is 2.35 bits per heavy atom. The number of hydrogen-bond acceptors (Lipinski definition) is 4. The largest absolute Gasteiger partial charge is 0.497 e. The van der Waals surface area contributed by atoms with Gasteiger partial charge in [-0.15, -0.1) is 0 Å². The Labute approximate surface area is 135 Å². The maximum Gasteiger partial charge on any atom is 0.325 e. The number of hydrogen-bond donors (Lipinski definition) is 1. The summed E-state index contributed by atoms with van der Waals surface area (Å²) in [6, 6.07) is 9.38. The van der Waals surface area contributed by atoms with Crippen LogP contribution < -0.4 is 10.1 Å². The van der Waals surface area contributed by atoms with Crippen LogP contribution in [0.1, 0.15) is 21.7 Å². The van der Waals surface area contributed by atoms with E-state index in [1.807, 2.05) is 42.7 Å². The molecule has 0 saturated carbocycles. The van der Waals surface area contributed by atoms with Gasteiger partial charge in [0.15, 0.2) is 0 Å². The quantitative estimate of drug-likeness (QED) is 0.857. The molecule has 122 valence electrons. The summed E-state index contributed by atoms with van der Waals surface area (Å²) in [5.74, 6) is -0.0159. The van der Waals surface area contributed by atoms with Crippen molar-refractivity contribution in [2.45, 2.75) is 13.8 Å². The lowest BCUT2D eigenvalue weighted by atomic mass is 10.2. The lowest BCUT2D eigenvalue weighted by Crippen LogP contribution is -2.30. The molecule has 1 amide bonds. The van der Waals surface area contributed by atoms with Crippen molar-refractivity contribution in [2.24, 2.45) is 0 Å². The molecule has 1 heterocycles. The highest BCUT2D eigenvalue weighted by molar-refractivity contribution is 5.97. The van der Waals surface area contributed by atoms with E-state index >= 15 is 0 Å². The fourth-order valence-electron chi connectivity index (χ4n) is 2.44. The predicted molar refractivity (Wildman–Crippen MR) is 86.1 cm³/mol. The van der Waals surface area contributed by atoms with E-state index in [0.717, 1.165) is 22.8 Å². The Morgan fingerprint density at radius 2 is 1.78 bits per heavy atom. The molecule has 1 aromatic carbocycles. The maximum absolute atomic E-state index is 12.2. The second kappa shape index (κ2) is 7.00. The monoisotopic (exact) mass is 316 g/mol. The number of amides is 1. The van der Waals surface area contributed by atoms with Crippen LogP contribution in [-0.4, -0.2) is 37.2 Å². The Morgan fingerprint density at radius 1 is 1.13 bits per heavy atom. The SMILES string of the molecule is COC(=O)CNC(=O)c1cc(C)n(-c2ccc(OC)cc2)c1C. The normalized spacial score (nSPS) is 10.3. The zero-order chi connectivity index (χ0) is 17.0. The molecule has 0 aliphatic heterocycles. The summed E-state index contributed by atoms with van der Waals surface area (Å²) >= 11 is 0. The molecule has 6 heteroatoms. The predicted octanol–water partition coefficient (Wildman–Crippen LogP) is 2.01. The highest BCUT2D eigenvalue weighted by Crippen LogP contribution is 2.22. The van der Waals surface area contributed by atoms with Gasteiger partial charge >= 0.3 is 5.97 Å². The van der Waals surface area contributed by atoms with Crippen LogP contribution in [0.5, 0.6) is 5.75 Å². The minimum Gasteiger partial charge on any atom is -0.497 e. The lowest BCUT2D eigenvalue weighted by Gasteiger charge is -2.11. The van der Waals surface area contributed by atoms with Gasteiger partial charge in [-0.05, 0) is 44.2 Å². The van der Waals surface area contributed by atoms with Gasteiger partial charge in [0.25, 0.3) is 5.91 Å².